The zero-order valence-corrected chi connectivity index (χ0v) is 11.6. The molecule has 0 unspecified atom stereocenters. The summed E-state index contributed by atoms with van der Waals surface area (Å²) in [6, 6.07) is 7.08. The van der Waals surface area contributed by atoms with Gasteiger partial charge in [-0.2, -0.15) is 0 Å². The van der Waals surface area contributed by atoms with Gasteiger partial charge in [-0.3, -0.25) is 14.3 Å². The second-order valence-electron chi connectivity index (χ2n) is 4.38. The number of nitrogens with one attached hydrogen (secondary N) is 1. The average Bonchev–Trinajstić information content (AvgIpc) is 2.36. The molecular formula is C14H13ClN2O3. The van der Waals surface area contributed by atoms with Crippen molar-refractivity contribution < 1.29 is 5.11 Å². The number of aryl methyl sites for hydroxylation is 1. The molecule has 0 aliphatic rings. The lowest BCUT2D eigenvalue weighted by molar-refractivity contribution is 0.412. The number of nitrogens with zero attached hydrogens (tertiary/aromatic N) is 1. The van der Waals surface area contributed by atoms with Gasteiger partial charge in [0.15, 0.2) is 0 Å². The van der Waals surface area contributed by atoms with Crippen LogP contribution in [0.1, 0.15) is 5.56 Å². The number of aromatic amines is 1. The molecule has 0 bridgehead atoms. The lowest BCUT2D eigenvalue weighted by Crippen LogP contribution is -2.31. The standard InChI is InChI=1S/C14H13ClN2O3/c1-8-5-3-4-6-10(8)11-12(18)16-14(20)17(13(11)19)7-9(2)15/h3-6,19H,2,7H2,1H3,(H,16,18,20). The molecule has 1 aromatic carbocycles. The van der Waals surface area contributed by atoms with E-state index in [0.29, 0.717) is 5.56 Å². The van der Waals surface area contributed by atoms with E-state index in [1.807, 2.05) is 19.1 Å². The van der Waals surface area contributed by atoms with Crippen LogP contribution in [-0.4, -0.2) is 14.7 Å². The second kappa shape index (κ2) is 5.38. The van der Waals surface area contributed by atoms with E-state index < -0.39 is 17.1 Å². The molecule has 1 aromatic heterocycles. The monoisotopic (exact) mass is 292 g/mol. The van der Waals surface area contributed by atoms with E-state index in [1.54, 1.807) is 12.1 Å². The Morgan fingerprint density at radius 1 is 1.40 bits per heavy atom. The third kappa shape index (κ3) is 2.53. The average molecular weight is 293 g/mol. The van der Waals surface area contributed by atoms with Gasteiger partial charge >= 0.3 is 5.69 Å². The molecule has 0 aliphatic heterocycles. The Balaban J connectivity index is 2.78. The van der Waals surface area contributed by atoms with Gasteiger partial charge in [0.25, 0.3) is 5.56 Å². The van der Waals surface area contributed by atoms with Crippen LogP contribution in [0.4, 0.5) is 0 Å². The molecule has 1 heterocycles. The van der Waals surface area contributed by atoms with Crippen LogP contribution in [0, 0.1) is 6.92 Å². The predicted molar refractivity (Wildman–Crippen MR) is 78.2 cm³/mol. The summed E-state index contributed by atoms with van der Waals surface area (Å²) in [6.45, 7) is 5.21. The lowest BCUT2D eigenvalue weighted by atomic mass is 10.0. The minimum atomic E-state index is -0.730. The maximum atomic E-state index is 12.0. The number of hydrogen-bond acceptors (Lipinski definition) is 3. The van der Waals surface area contributed by atoms with Crippen LogP contribution in [-0.2, 0) is 6.54 Å². The number of halogens is 1. The Morgan fingerprint density at radius 2 is 2.05 bits per heavy atom. The van der Waals surface area contributed by atoms with Gasteiger partial charge in [-0.15, -0.1) is 0 Å². The summed E-state index contributed by atoms with van der Waals surface area (Å²) >= 11 is 5.67. The Kier molecular flexibility index (Phi) is 3.81. The summed E-state index contributed by atoms with van der Waals surface area (Å²) in [5.41, 5.74) is 0.0360. The van der Waals surface area contributed by atoms with Crippen LogP contribution in [0.2, 0.25) is 0 Å². The Morgan fingerprint density at radius 3 is 2.65 bits per heavy atom. The number of hydrogen-bond donors (Lipinski definition) is 2. The SMILES string of the molecule is C=C(Cl)Cn1c(O)c(-c2ccccc2C)c(=O)[nH]c1=O. The molecule has 0 fully saturated rings. The molecule has 0 amide bonds. The van der Waals surface area contributed by atoms with E-state index in [1.165, 1.54) is 0 Å². The smallest absolute Gasteiger partial charge is 0.331 e. The molecule has 20 heavy (non-hydrogen) atoms. The van der Waals surface area contributed by atoms with Crippen molar-refractivity contribution in [1.82, 2.24) is 9.55 Å². The minimum absolute atomic E-state index is 0.0422. The first-order chi connectivity index (χ1) is 9.41. The molecule has 2 aromatic rings. The number of allylic oxidation sites excluding steroid dienone is 1. The van der Waals surface area contributed by atoms with Crippen LogP contribution in [0.25, 0.3) is 11.1 Å². The van der Waals surface area contributed by atoms with E-state index in [2.05, 4.69) is 11.6 Å². The molecule has 0 saturated heterocycles. The van der Waals surface area contributed by atoms with Gasteiger partial charge in [-0.05, 0) is 18.1 Å². The van der Waals surface area contributed by atoms with Crippen LogP contribution in [0.15, 0.2) is 45.5 Å². The van der Waals surface area contributed by atoms with Gasteiger partial charge in [0.2, 0.25) is 5.88 Å². The van der Waals surface area contributed by atoms with Gasteiger partial charge in [-0.25, -0.2) is 4.79 Å². The van der Waals surface area contributed by atoms with E-state index in [9.17, 15) is 14.7 Å². The molecular weight excluding hydrogens is 280 g/mol. The number of H-pyrrole nitrogens is 1. The molecule has 2 N–H and O–H groups in total. The van der Waals surface area contributed by atoms with Crippen molar-refractivity contribution in [2.45, 2.75) is 13.5 Å². The number of rotatable bonds is 3. The third-order valence-corrected chi connectivity index (χ3v) is 3.04. The highest BCUT2D eigenvalue weighted by Gasteiger charge is 2.17. The van der Waals surface area contributed by atoms with Crippen LogP contribution >= 0.6 is 11.6 Å². The van der Waals surface area contributed by atoms with E-state index in [4.69, 9.17) is 11.6 Å². The zero-order valence-electron chi connectivity index (χ0n) is 10.8. The van der Waals surface area contributed by atoms with Gasteiger partial charge < -0.3 is 5.11 Å². The van der Waals surface area contributed by atoms with E-state index in [0.717, 1.165) is 10.1 Å². The van der Waals surface area contributed by atoms with Crippen LogP contribution < -0.4 is 11.2 Å². The van der Waals surface area contributed by atoms with Crippen molar-refractivity contribution in [3.05, 3.63) is 62.3 Å². The Labute approximate surface area is 119 Å². The summed E-state index contributed by atoms with van der Waals surface area (Å²) in [7, 11) is 0. The van der Waals surface area contributed by atoms with Gasteiger partial charge in [0.1, 0.15) is 5.56 Å². The predicted octanol–water partition coefficient (Wildman–Crippen LogP) is 1.97. The maximum Gasteiger partial charge on any atom is 0.331 e. The quantitative estimate of drug-likeness (QED) is 0.908. The Hall–Kier alpha value is -2.27. The molecule has 0 atom stereocenters. The first kappa shape index (κ1) is 14.1. The fraction of sp³-hybridized carbons (Fsp3) is 0.143. The summed E-state index contributed by atoms with van der Waals surface area (Å²) in [5, 5.41) is 10.4. The highest BCUT2D eigenvalue weighted by atomic mass is 35.5. The van der Waals surface area contributed by atoms with Crippen molar-refractivity contribution in [2.24, 2.45) is 0 Å². The van der Waals surface area contributed by atoms with E-state index in [-0.39, 0.29) is 17.1 Å². The number of benzene rings is 1. The molecule has 2 rings (SSSR count). The minimum Gasteiger partial charge on any atom is -0.494 e. The molecule has 0 aliphatic carbocycles. The van der Waals surface area contributed by atoms with Gasteiger partial charge in [0.05, 0.1) is 6.54 Å². The van der Waals surface area contributed by atoms with Crippen molar-refractivity contribution in [3.63, 3.8) is 0 Å². The highest BCUT2D eigenvalue weighted by molar-refractivity contribution is 6.29. The van der Waals surface area contributed by atoms with Crippen LogP contribution in [0.5, 0.6) is 5.88 Å². The van der Waals surface area contributed by atoms with Gasteiger partial charge in [0, 0.05) is 5.03 Å². The van der Waals surface area contributed by atoms with Gasteiger partial charge in [-0.1, -0.05) is 42.4 Å². The number of aromatic hydroxyl groups is 1. The fourth-order valence-electron chi connectivity index (χ4n) is 1.97. The molecule has 6 heteroatoms. The first-order valence-corrected chi connectivity index (χ1v) is 6.25. The lowest BCUT2D eigenvalue weighted by Gasteiger charge is -2.12. The summed E-state index contributed by atoms with van der Waals surface area (Å²) in [6.07, 6.45) is 0. The van der Waals surface area contributed by atoms with E-state index >= 15 is 0 Å². The maximum absolute atomic E-state index is 12.0. The third-order valence-electron chi connectivity index (χ3n) is 2.92. The molecule has 0 radical (unpaired) electrons. The molecule has 104 valence electrons. The van der Waals surface area contributed by atoms with Crippen molar-refractivity contribution in [3.8, 4) is 17.0 Å². The van der Waals surface area contributed by atoms with Crippen molar-refractivity contribution >= 4 is 11.6 Å². The fourth-order valence-corrected chi connectivity index (χ4v) is 2.09. The largest absolute Gasteiger partial charge is 0.494 e. The molecule has 5 nitrogen and oxygen atoms in total. The Bertz CT molecular complexity index is 790. The van der Waals surface area contributed by atoms with Crippen LogP contribution in [0.3, 0.4) is 0 Å². The molecule has 0 saturated carbocycles. The normalized spacial score (nSPS) is 10.5. The summed E-state index contributed by atoms with van der Waals surface area (Å²) in [5.74, 6) is -0.421. The van der Waals surface area contributed by atoms with Crippen molar-refractivity contribution in [1.29, 1.82) is 0 Å². The topological polar surface area (TPSA) is 75.1 Å². The first-order valence-electron chi connectivity index (χ1n) is 5.87. The highest BCUT2D eigenvalue weighted by Crippen LogP contribution is 2.27. The number of aromatic nitrogens is 2. The summed E-state index contributed by atoms with van der Waals surface area (Å²) < 4.78 is 0.971. The van der Waals surface area contributed by atoms with Crippen molar-refractivity contribution in [2.75, 3.05) is 0 Å². The summed E-state index contributed by atoms with van der Waals surface area (Å²) in [4.78, 5) is 25.9. The zero-order chi connectivity index (χ0) is 14.9. The second-order valence-corrected chi connectivity index (χ2v) is 4.91. The molecule has 0 spiro atoms.